The summed E-state index contributed by atoms with van der Waals surface area (Å²) in [6.45, 7) is 3.95. The van der Waals surface area contributed by atoms with Gasteiger partial charge >= 0.3 is 0 Å². The molecule has 1 amide bonds. The highest BCUT2D eigenvalue weighted by atomic mass is 16.5. The molecule has 4 heterocycles. The Hall–Kier alpha value is -5.13. The average Bonchev–Trinajstić information content (AvgIpc) is 3.85. The van der Waals surface area contributed by atoms with Crippen LogP contribution in [0.2, 0.25) is 0 Å². The highest BCUT2D eigenvalue weighted by Crippen LogP contribution is 2.48. The zero-order chi connectivity index (χ0) is 32.0. The molecule has 0 spiro atoms. The first-order valence-electron chi connectivity index (χ1n) is 15.3. The molecule has 2 fully saturated rings. The van der Waals surface area contributed by atoms with Crippen molar-refractivity contribution in [1.82, 2.24) is 24.2 Å². The van der Waals surface area contributed by atoms with Crippen LogP contribution in [0.15, 0.2) is 82.6 Å². The van der Waals surface area contributed by atoms with Crippen molar-refractivity contribution in [2.75, 3.05) is 31.6 Å². The summed E-state index contributed by atoms with van der Waals surface area (Å²) in [5, 5.41) is 19.6. The number of ether oxygens (including phenoxy) is 1. The van der Waals surface area contributed by atoms with Gasteiger partial charge in [-0.25, -0.2) is 9.67 Å². The molecular formula is C35H34N6O5. The lowest BCUT2D eigenvalue weighted by molar-refractivity contribution is 0.0302. The number of aliphatic hydroxyl groups excluding tert-OH is 1. The second kappa shape index (κ2) is 11.7. The molecule has 7 rings (SSSR count). The van der Waals surface area contributed by atoms with Crippen molar-refractivity contribution in [1.29, 1.82) is 0 Å². The summed E-state index contributed by atoms with van der Waals surface area (Å²) in [7, 11) is 1.54. The van der Waals surface area contributed by atoms with Gasteiger partial charge in [-0.05, 0) is 65.6 Å². The number of anilines is 2. The van der Waals surface area contributed by atoms with Crippen molar-refractivity contribution in [3.63, 3.8) is 0 Å². The number of pyridine rings is 2. The summed E-state index contributed by atoms with van der Waals surface area (Å²) in [4.78, 5) is 45.7. The lowest BCUT2D eigenvalue weighted by Crippen LogP contribution is -2.40. The molecule has 1 saturated heterocycles. The number of morpholine rings is 1. The summed E-state index contributed by atoms with van der Waals surface area (Å²) in [5.41, 5.74) is 3.54. The van der Waals surface area contributed by atoms with E-state index in [9.17, 15) is 19.5 Å². The highest BCUT2D eigenvalue weighted by Gasteiger charge is 2.39. The minimum atomic E-state index is -0.383. The molecule has 1 aliphatic heterocycles. The number of nitrogens with one attached hydrogen (secondary N) is 1. The third kappa shape index (κ3) is 5.37. The lowest BCUT2D eigenvalue weighted by Gasteiger charge is -2.26. The van der Waals surface area contributed by atoms with Crippen LogP contribution in [-0.4, -0.2) is 61.5 Å². The van der Waals surface area contributed by atoms with Crippen molar-refractivity contribution >= 4 is 28.2 Å². The van der Waals surface area contributed by atoms with Crippen LogP contribution in [0.3, 0.4) is 0 Å². The summed E-state index contributed by atoms with van der Waals surface area (Å²) in [5.74, 6) is 0.259. The maximum absolute atomic E-state index is 13.7. The quantitative estimate of drug-likeness (QED) is 0.281. The molecule has 0 radical (unpaired) electrons. The van der Waals surface area contributed by atoms with Gasteiger partial charge in [-0.2, -0.15) is 5.10 Å². The van der Waals surface area contributed by atoms with E-state index in [0.29, 0.717) is 65.6 Å². The summed E-state index contributed by atoms with van der Waals surface area (Å²) in [6, 6.07) is 18.2. The van der Waals surface area contributed by atoms with Gasteiger partial charge in [0.2, 0.25) is 0 Å². The van der Waals surface area contributed by atoms with Crippen LogP contribution >= 0.6 is 0 Å². The van der Waals surface area contributed by atoms with Crippen molar-refractivity contribution < 1.29 is 14.6 Å². The van der Waals surface area contributed by atoms with Crippen LogP contribution < -0.4 is 16.4 Å². The van der Waals surface area contributed by atoms with E-state index in [1.807, 2.05) is 18.2 Å². The number of aryl methyl sites for hydroxylation is 1. The number of aromatic nitrogens is 4. The zero-order valence-corrected chi connectivity index (χ0v) is 25.7. The van der Waals surface area contributed by atoms with Crippen molar-refractivity contribution in [2.24, 2.45) is 7.05 Å². The molecule has 2 aliphatic rings. The first-order valence-corrected chi connectivity index (χ1v) is 15.3. The Morgan fingerprint density at radius 2 is 1.83 bits per heavy atom. The molecule has 234 valence electrons. The molecule has 3 aromatic heterocycles. The largest absolute Gasteiger partial charge is 0.392 e. The molecule has 11 heteroatoms. The number of rotatable bonds is 7. The number of benzene rings is 2. The van der Waals surface area contributed by atoms with Crippen molar-refractivity contribution in [2.45, 2.75) is 31.8 Å². The SMILES string of the molecule is Cn1nc(-c2cccc(-n3ccc4cc(C5(C)CC5)ccc4c3=O)c2CO)cc(Nc2ccc(C(=O)N3CCOCC3)cn2)c1=O. The van der Waals surface area contributed by atoms with E-state index in [1.165, 1.54) is 16.4 Å². The molecule has 46 heavy (non-hydrogen) atoms. The number of carbonyl (C=O) groups is 1. The van der Waals surface area contributed by atoms with Crippen LogP contribution in [0.5, 0.6) is 0 Å². The molecule has 2 N–H and O–H groups in total. The van der Waals surface area contributed by atoms with E-state index >= 15 is 0 Å². The number of hydrogen-bond acceptors (Lipinski definition) is 8. The first kappa shape index (κ1) is 29.6. The summed E-state index contributed by atoms with van der Waals surface area (Å²) in [6.07, 6.45) is 5.52. The number of hydrogen-bond donors (Lipinski definition) is 2. The average molecular weight is 619 g/mol. The fraction of sp³-hybridized carbons (Fsp3) is 0.286. The first-order chi connectivity index (χ1) is 22.3. The molecule has 2 aromatic carbocycles. The van der Waals surface area contributed by atoms with Gasteiger partial charge in [-0.3, -0.25) is 19.0 Å². The van der Waals surface area contributed by atoms with Gasteiger partial charge in [-0.15, -0.1) is 0 Å². The minimum absolute atomic E-state index is 0.122. The third-order valence-electron chi connectivity index (χ3n) is 9.08. The zero-order valence-electron chi connectivity index (χ0n) is 25.7. The Labute approximate surface area is 264 Å². The maximum Gasteiger partial charge on any atom is 0.290 e. The van der Waals surface area contributed by atoms with Gasteiger partial charge in [0.25, 0.3) is 17.0 Å². The van der Waals surface area contributed by atoms with Crippen LogP contribution in [0, 0.1) is 0 Å². The van der Waals surface area contributed by atoms with Gasteiger partial charge in [0.05, 0.1) is 36.8 Å². The van der Waals surface area contributed by atoms with Gasteiger partial charge in [0.15, 0.2) is 0 Å². The van der Waals surface area contributed by atoms with Crippen LogP contribution in [0.25, 0.3) is 27.7 Å². The van der Waals surface area contributed by atoms with E-state index in [2.05, 4.69) is 28.4 Å². The van der Waals surface area contributed by atoms with E-state index < -0.39 is 0 Å². The van der Waals surface area contributed by atoms with E-state index in [4.69, 9.17) is 4.74 Å². The predicted molar refractivity (Wildman–Crippen MR) is 175 cm³/mol. The van der Waals surface area contributed by atoms with Gasteiger partial charge in [0.1, 0.15) is 11.5 Å². The standard InChI is InChI=1S/C35H34N6O5/c1-35(11-12-35)24-7-8-25-22(18-24)10-13-41(33(25)44)30-5-3-4-26(27(30)21-42)28-19-29(34(45)39(2)38-28)37-31-9-6-23(20-36-31)32(43)40-14-16-46-17-15-40/h3-10,13,18-20,42H,11-12,14-17,21H2,1-2H3,(H,36,37). The molecule has 5 aromatic rings. The molecule has 0 unspecified atom stereocenters. The highest BCUT2D eigenvalue weighted by molar-refractivity contribution is 5.94. The lowest BCUT2D eigenvalue weighted by atomic mass is 9.96. The van der Waals surface area contributed by atoms with Crippen molar-refractivity contribution in [3.05, 3.63) is 110 Å². The minimum Gasteiger partial charge on any atom is -0.392 e. The Morgan fingerprint density at radius 3 is 2.54 bits per heavy atom. The molecule has 0 bridgehead atoms. The molecule has 1 saturated carbocycles. The number of amides is 1. The number of aliphatic hydroxyl groups is 1. The topological polar surface area (TPSA) is 132 Å². The fourth-order valence-electron chi connectivity index (χ4n) is 6.01. The van der Waals surface area contributed by atoms with Gasteiger partial charge in [-0.1, -0.05) is 31.2 Å². The summed E-state index contributed by atoms with van der Waals surface area (Å²) >= 11 is 0. The Balaban J connectivity index is 1.21. The van der Waals surface area contributed by atoms with Crippen LogP contribution in [0.1, 0.15) is 41.3 Å². The second-order valence-corrected chi connectivity index (χ2v) is 12.1. The van der Waals surface area contributed by atoms with Gasteiger partial charge < -0.3 is 20.1 Å². The normalized spacial score (nSPS) is 15.6. The predicted octanol–water partition coefficient (Wildman–Crippen LogP) is 3.91. The molecular weight excluding hydrogens is 584 g/mol. The molecule has 11 nitrogen and oxygen atoms in total. The van der Waals surface area contributed by atoms with Crippen LogP contribution in [-0.2, 0) is 23.8 Å². The Bertz CT molecular complexity index is 2090. The van der Waals surface area contributed by atoms with Crippen LogP contribution in [0.4, 0.5) is 11.5 Å². The third-order valence-corrected chi connectivity index (χ3v) is 9.08. The smallest absolute Gasteiger partial charge is 0.290 e. The van der Waals surface area contributed by atoms with Gasteiger partial charge in [0, 0.05) is 49.0 Å². The van der Waals surface area contributed by atoms with E-state index in [0.717, 1.165) is 18.2 Å². The van der Waals surface area contributed by atoms with E-state index in [-0.39, 0.29) is 34.7 Å². The monoisotopic (exact) mass is 618 g/mol. The number of carbonyl (C=O) groups excluding carboxylic acids is 1. The Morgan fingerprint density at radius 1 is 1.02 bits per heavy atom. The van der Waals surface area contributed by atoms with E-state index in [1.54, 1.807) is 59.1 Å². The van der Waals surface area contributed by atoms with Crippen molar-refractivity contribution in [3.8, 4) is 16.9 Å². The number of fused-ring (bicyclic) bond motifs is 1. The second-order valence-electron chi connectivity index (χ2n) is 12.1. The molecule has 0 atom stereocenters. The Kier molecular flexibility index (Phi) is 7.50. The maximum atomic E-state index is 13.7. The fourth-order valence-corrected chi connectivity index (χ4v) is 6.01. The molecule has 1 aliphatic carbocycles. The summed E-state index contributed by atoms with van der Waals surface area (Å²) < 4.78 is 8.08. The number of nitrogens with zero attached hydrogens (tertiary/aromatic N) is 5.